The van der Waals surface area contributed by atoms with Crippen LogP contribution in [0.5, 0.6) is 0 Å². The lowest BCUT2D eigenvalue weighted by molar-refractivity contribution is -0.385. The van der Waals surface area contributed by atoms with Gasteiger partial charge in [0.1, 0.15) is 17.5 Å². The third-order valence-corrected chi connectivity index (χ3v) is 17.6. The van der Waals surface area contributed by atoms with E-state index in [1.165, 1.54) is 42.5 Å². The van der Waals surface area contributed by atoms with Gasteiger partial charge in [0.05, 0.1) is 72.8 Å². The summed E-state index contributed by atoms with van der Waals surface area (Å²) in [6.07, 6.45) is 11.4. The zero-order valence-electron chi connectivity index (χ0n) is 67.9. The van der Waals surface area contributed by atoms with Crippen LogP contribution >= 0.6 is 0 Å². The monoisotopic (exact) mass is 1700 g/mol. The maximum atomic E-state index is 12.4. The lowest BCUT2D eigenvalue weighted by Gasteiger charge is -2.18. The summed E-state index contributed by atoms with van der Waals surface area (Å²) in [5, 5.41) is 83.4. The third-order valence-electron chi connectivity index (χ3n) is 17.6. The van der Waals surface area contributed by atoms with Crippen molar-refractivity contribution in [1.29, 1.82) is 0 Å². The first kappa shape index (κ1) is 98.6. The number of urea groups is 1. The van der Waals surface area contributed by atoms with Crippen molar-refractivity contribution in [2.75, 3.05) is 55.2 Å². The lowest BCUT2D eigenvalue weighted by atomic mass is 9.99. The van der Waals surface area contributed by atoms with E-state index in [0.29, 0.717) is 80.7 Å². The number of nitrogens with one attached hydrogen (secondary N) is 11. The minimum Gasteiger partial charge on any atom is -0.481 e. The number of carboxylic acids is 4. The predicted octanol–water partition coefficient (Wildman–Crippen LogP) is 9.38. The number of nitrogens with zero attached hydrogens (tertiary/aromatic N) is 6. The lowest BCUT2D eigenvalue weighted by Crippen LogP contribution is -2.48. The molecule has 38 nitrogen and oxygen atoms in total. The van der Waals surface area contributed by atoms with Crippen molar-refractivity contribution in [1.82, 2.24) is 57.7 Å². The summed E-state index contributed by atoms with van der Waals surface area (Å²) in [6.45, 7) is 3.93. The topological polar surface area (TPSA) is 590 Å². The summed E-state index contributed by atoms with van der Waals surface area (Å²) in [5.74, 6) is -4.23. The van der Waals surface area contributed by atoms with Crippen LogP contribution in [0.3, 0.4) is 0 Å². The number of aliphatic carboxylic acids is 4. The van der Waals surface area contributed by atoms with Gasteiger partial charge < -0.3 is 79.7 Å². The number of aliphatic imine (C=N–C) groups is 1. The second-order valence-corrected chi connectivity index (χ2v) is 27.5. The van der Waals surface area contributed by atoms with Crippen LogP contribution in [-0.2, 0) is 47.9 Å². The Balaban J connectivity index is 0.000000293. The number of hydrogen-bond acceptors (Lipinski definition) is 22. The molecule has 19 N–H and O–H groups in total. The number of carbonyl (C=O) groups excluding carboxylic acids is 7. The van der Waals surface area contributed by atoms with E-state index < -0.39 is 82.2 Å². The number of benzene rings is 5. The highest BCUT2D eigenvalue weighted by molar-refractivity contribution is 5.87. The number of nitro benzene ring substituents is 2. The molecule has 0 aliphatic heterocycles. The summed E-state index contributed by atoms with van der Waals surface area (Å²) < 4.78 is 0. The Hall–Kier alpha value is -15.0. The van der Waals surface area contributed by atoms with E-state index in [4.69, 9.17) is 26.8 Å². The largest absolute Gasteiger partial charge is 0.481 e. The van der Waals surface area contributed by atoms with E-state index in [1.807, 2.05) is 97.9 Å². The molecule has 654 valence electrons. The summed E-state index contributed by atoms with van der Waals surface area (Å²) in [4.78, 5) is 166. The minimum atomic E-state index is -1.18. The fraction of sp³-hybridized carbons (Fsp3) is 0.329. The van der Waals surface area contributed by atoms with Crippen molar-refractivity contribution >= 4 is 100 Å². The molecule has 8 amide bonds. The van der Waals surface area contributed by atoms with E-state index in [-0.39, 0.29) is 98.1 Å². The number of guanidine groups is 1. The van der Waals surface area contributed by atoms with Crippen molar-refractivity contribution < 1.29 is 83.0 Å². The quantitative estimate of drug-likeness (QED) is 0.00555. The van der Waals surface area contributed by atoms with E-state index in [1.54, 1.807) is 67.1 Å². The number of pyridine rings is 3. The fourth-order valence-electron chi connectivity index (χ4n) is 11.6. The number of carbonyl (C=O) groups is 11. The van der Waals surface area contributed by atoms with E-state index in [2.05, 4.69) is 78.6 Å². The first-order chi connectivity index (χ1) is 59.1. The number of hydrazine groups is 1. The van der Waals surface area contributed by atoms with Gasteiger partial charge in [-0.3, -0.25) is 78.6 Å². The van der Waals surface area contributed by atoms with E-state index in [9.17, 15) is 78.1 Å². The number of aromatic nitrogens is 3. The molecule has 0 spiro atoms. The number of anilines is 3. The Morgan fingerprint density at radius 1 is 0.382 bits per heavy atom. The molecule has 0 bridgehead atoms. The zero-order chi connectivity index (χ0) is 89.5. The second-order valence-electron chi connectivity index (χ2n) is 27.5. The maximum Gasteiger partial charge on any atom is 0.333 e. The van der Waals surface area contributed by atoms with Gasteiger partial charge in [0.15, 0.2) is 5.96 Å². The molecule has 0 saturated heterocycles. The van der Waals surface area contributed by atoms with Crippen molar-refractivity contribution in [3.63, 3.8) is 0 Å². The van der Waals surface area contributed by atoms with Gasteiger partial charge >= 0.3 is 29.9 Å². The smallest absolute Gasteiger partial charge is 0.333 e. The molecule has 5 aromatic carbocycles. The van der Waals surface area contributed by atoms with Crippen LogP contribution in [0.15, 0.2) is 206 Å². The van der Waals surface area contributed by atoms with Gasteiger partial charge in [-0.15, -0.1) is 0 Å². The van der Waals surface area contributed by atoms with Crippen molar-refractivity contribution in [2.24, 2.45) is 16.5 Å². The Morgan fingerprint density at radius 3 is 1.28 bits per heavy atom. The normalized spacial score (nSPS) is 11.3. The van der Waals surface area contributed by atoms with Gasteiger partial charge in [-0.25, -0.2) is 25.2 Å². The number of nitrogens with two attached hydrogens (primary N) is 2. The number of hydrogen-bond donors (Lipinski definition) is 17. The summed E-state index contributed by atoms with van der Waals surface area (Å²) >= 11 is 0. The molecule has 8 rings (SSSR count). The molecule has 3 aromatic heterocycles. The van der Waals surface area contributed by atoms with Crippen LogP contribution in [0.25, 0.3) is 11.1 Å². The van der Waals surface area contributed by atoms with E-state index >= 15 is 0 Å². The maximum absolute atomic E-state index is 12.4. The second kappa shape index (κ2) is 56.4. The highest BCUT2D eigenvalue weighted by atomic mass is 16.6. The fourth-order valence-corrected chi connectivity index (χ4v) is 11.6. The summed E-state index contributed by atoms with van der Waals surface area (Å²) in [6, 6.07) is 48.1. The first-order valence-corrected chi connectivity index (χ1v) is 39.4. The van der Waals surface area contributed by atoms with Gasteiger partial charge in [-0.2, -0.15) is 0 Å². The Labute approximate surface area is 709 Å². The van der Waals surface area contributed by atoms with Gasteiger partial charge in [0, 0.05) is 94.7 Å². The Kier molecular flexibility index (Phi) is 45.2. The molecule has 0 radical (unpaired) electrons. The molecule has 0 saturated carbocycles. The number of non-ortho nitro benzene ring substituents is 2. The highest BCUT2D eigenvalue weighted by Crippen LogP contribution is 2.27. The average molecular weight is 1700 g/mol. The number of carboxylic acid groups (broad SMARTS) is 4. The molecule has 3 heterocycles. The summed E-state index contributed by atoms with van der Waals surface area (Å²) in [7, 11) is 0. The van der Waals surface area contributed by atoms with E-state index in [0.717, 1.165) is 60.6 Å². The van der Waals surface area contributed by atoms with Gasteiger partial charge in [-0.05, 0) is 127 Å². The SMILES string of the molecule is Cc1ccnc(NCCCCCCC(=O)NC(CC(=O)O)c2cccc([N+](=O)[O-])c2)c1.NC(N)=NCCCCC(=O)NNC(=O)NC(CC(=O)O)c1ccccc1.O=C(O)CC(NC(=O)CNC(=O)CCCCNc1ccccn1)c1ccc(-c2ccccc2)cc1.O=C(O)CC(NC(=O)CNC(=O)CCCNc1ccccn1)c1cccc([N+](=O)[O-])c1. The standard InChI is InChI=1S/C27H30N4O4.C22H28N4O5.C20H23N5O6.C16H24N6O4/c32-25(11-5-7-17-29-24-10-4-6-16-28-24)30-19-26(33)31-23(18-27(34)35)22-14-12-21(13-15-22)20-8-2-1-3-9-20;1-16-10-12-24-20(13-16)23-11-5-3-2-4-9-21(27)25-19(15-22(28)29)17-7-6-8-18(14-17)26(30)31;26-18(8-4-10-22-17-7-1-2-9-21-17)23-13-19(27)24-16(12-20(28)29)14-5-3-6-15(11-14)25(30)31;17-15(18)19-9-5-4-8-13(23)21-22-16(26)20-12(10-14(24)25)11-6-2-1-3-7-11/h1-4,6,8-10,12-16,23H,5,7,11,17-19H2,(H,28,29)(H,30,32)(H,31,33)(H,34,35);6-8,10,12-14,19H,2-5,9,11,15H2,1H3,(H,23,24)(H,25,27)(H,28,29);1-3,5-7,9,11,16H,4,8,10,12-13H2,(H,21,22)(H,23,26)(H,24,27)(H,28,29);1-3,6-7,12H,4-5,8-10H2,(H,21,23)(H,24,25)(H4,17,18,19)(H2,20,22,26). The first-order valence-electron chi connectivity index (χ1n) is 39.4. The highest BCUT2D eigenvalue weighted by Gasteiger charge is 2.25. The predicted molar refractivity (Wildman–Crippen MR) is 458 cm³/mol. The number of aryl methyl sites for hydroxylation is 1. The van der Waals surface area contributed by atoms with Crippen LogP contribution in [0.4, 0.5) is 33.6 Å². The van der Waals surface area contributed by atoms with Crippen LogP contribution < -0.4 is 70.2 Å². The van der Waals surface area contributed by atoms with Crippen molar-refractivity contribution in [3.8, 4) is 11.1 Å². The molecular formula is C85H105N19O19. The molecule has 0 aliphatic rings. The van der Waals surface area contributed by atoms with Crippen molar-refractivity contribution in [2.45, 2.75) is 140 Å². The molecule has 4 atom stereocenters. The molecule has 123 heavy (non-hydrogen) atoms. The van der Waals surface area contributed by atoms with Crippen LogP contribution in [0, 0.1) is 27.2 Å². The average Bonchev–Trinajstić information content (AvgIpc) is 0.870. The van der Waals surface area contributed by atoms with Gasteiger partial charge in [-0.1, -0.05) is 134 Å². The molecule has 4 unspecified atom stereocenters. The number of unbranched alkanes of at least 4 members (excludes halogenated alkanes) is 5. The molecule has 8 aromatic rings. The Bertz CT molecular complexity index is 4710. The Morgan fingerprint density at radius 2 is 0.780 bits per heavy atom. The van der Waals surface area contributed by atoms with Crippen LogP contribution in [0.2, 0.25) is 0 Å². The zero-order valence-corrected chi connectivity index (χ0v) is 67.9. The van der Waals surface area contributed by atoms with Crippen LogP contribution in [0.1, 0.15) is 161 Å². The number of nitro groups is 2. The summed E-state index contributed by atoms with van der Waals surface area (Å²) in [5.41, 5.74) is 19.7. The minimum absolute atomic E-state index is 0.00196. The van der Waals surface area contributed by atoms with Crippen molar-refractivity contribution in [3.05, 3.63) is 249 Å². The molecular weight excluding hydrogens is 1590 g/mol. The van der Waals surface area contributed by atoms with Gasteiger partial charge in [0.2, 0.25) is 35.4 Å². The number of rotatable bonds is 47. The molecule has 0 fully saturated rings. The third kappa shape index (κ3) is 43.3. The van der Waals surface area contributed by atoms with Crippen LogP contribution in [-0.4, -0.2) is 156 Å². The van der Waals surface area contributed by atoms with Gasteiger partial charge in [0.25, 0.3) is 11.4 Å². The molecule has 0 aliphatic carbocycles. The number of amides is 8. The molecule has 38 heteroatoms.